The Morgan fingerprint density at radius 3 is 2.67 bits per heavy atom. The van der Waals surface area contributed by atoms with Crippen LogP contribution < -0.4 is 5.73 Å². The lowest BCUT2D eigenvalue weighted by molar-refractivity contribution is 0.0607. The van der Waals surface area contributed by atoms with Gasteiger partial charge in [-0.1, -0.05) is 30.3 Å². The molecule has 1 aromatic carbocycles. The molecule has 0 aliphatic carbocycles. The van der Waals surface area contributed by atoms with Crippen LogP contribution in [0.5, 0.6) is 0 Å². The molecular formula is C16H14N2O2S. The van der Waals surface area contributed by atoms with Crippen LogP contribution in [0, 0.1) is 6.92 Å². The predicted octanol–water partition coefficient (Wildman–Crippen LogP) is 3.64. The summed E-state index contributed by atoms with van der Waals surface area (Å²) < 4.78 is 4.77. The van der Waals surface area contributed by atoms with Crippen molar-refractivity contribution >= 4 is 33.2 Å². The lowest BCUT2D eigenvalue weighted by Gasteiger charge is -2.04. The number of esters is 1. The summed E-state index contributed by atoms with van der Waals surface area (Å²) in [4.78, 5) is 17.6. The minimum Gasteiger partial charge on any atom is -0.465 e. The van der Waals surface area contributed by atoms with Gasteiger partial charge in [0, 0.05) is 10.9 Å². The molecule has 0 amide bonds. The minimum atomic E-state index is -0.420. The quantitative estimate of drug-likeness (QED) is 0.734. The van der Waals surface area contributed by atoms with Crippen molar-refractivity contribution in [3.63, 3.8) is 0 Å². The Bertz CT molecular complexity index is 825. The molecule has 0 bridgehead atoms. The number of ether oxygens (including phenoxy) is 1. The van der Waals surface area contributed by atoms with E-state index in [0.717, 1.165) is 27.0 Å². The lowest BCUT2D eigenvalue weighted by Crippen LogP contribution is -2.01. The first-order valence-electron chi connectivity index (χ1n) is 6.45. The summed E-state index contributed by atoms with van der Waals surface area (Å²) in [5, 5.41) is 0.833. The molecule has 3 aromatic rings. The molecule has 0 aliphatic heterocycles. The number of rotatable bonds is 2. The van der Waals surface area contributed by atoms with E-state index in [9.17, 15) is 4.79 Å². The molecule has 0 fully saturated rings. The number of nitrogens with zero attached hydrogens (tertiary/aromatic N) is 1. The minimum absolute atomic E-state index is 0.410. The highest BCUT2D eigenvalue weighted by Crippen LogP contribution is 2.36. The summed E-state index contributed by atoms with van der Waals surface area (Å²) in [6.07, 6.45) is 0. The van der Waals surface area contributed by atoms with Gasteiger partial charge in [-0.3, -0.25) is 0 Å². The SMILES string of the molecule is COC(=O)c1sc2nc(-c3ccccc3)cc(C)c2c1N. The predicted molar refractivity (Wildman–Crippen MR) is 85.5 cm³/mol. The zero-order chi connectivity index (χ0) is 15.0. The number of carbonyl (C=O) groups is 1. The van der Waals surface area contributed by atoms with Crippen LogP contribution in [-0.2, 0) is 4.74 Å². The molecule has 3 rings (SSSR count). The number of hydrogen-bond donors (Lipinski definition) is 1. The zero-order valence-electron chi connectivity index (χ0n) is 11.7. The van der Waals surface area contributed by atoms with Gasteiger partial charge < -0.3 is 10.5 Å². The molecule has 0 unspecified atom stereocenters. The number of nitrogen functional groups attached to an aromatic ring is 1. The summed E-state index contributed by atoms with van der Waals surface area (Å²) >= 11 is 1.27. The van der Waals surface area contributed by atoms with Gasteiger partial charge in [0.15, 0.2) is 0 Å². The van der Waals surface area contributed by atoms with E-state index >= 15 is 0 Å². The number of aryl methyl sites for hydroxylation is 1. The Balaban J connectivity index is 2.23. The number of anilines is 1. The maximum absolute atomic E-state index is 11.8. The number of hydrogen-bond acceptors (Lipinski definition) is 5. The maximum atomic E-state index is 11.8. The fourth-order valence-corrected chi connectivity index (χ4v) is 3.40. The smallest absolute Gasteiger partial charge is 0.350 e. The zero-order valence-corrected chi connectivity index (χ0v) is 12.5. The van der Waals surface area contributed by atoms with Gasteiger partial charge in [-0.15, -0.1) is 11.3 Å². The van der Waals surface area contributed by atoms with Crippen LogP contribution in [0.4, 0.5) is 5.69 Å². The van der Waals surface area contributed by atoms with E-state index in [0.29, 0.717) is 10.6 Å². The Hall–Kier alpha value is -2.40. The van der Waals surface area contributed by atoms with Gasteiger partial charge in [0.05, 0.1) is 18.5 Å². The summed E-state index contributed by atoms with van der Waals surface area (Å²) in [5.74, 6) is -0.420. The molecule has 0 spiro atoms. The highest BCUT2D eigenvalue weighted by atomic mass is 32.1. The second-order valence-electron chi connectivity index (χ2n) is 4.71. The first-order chi connectivity index (χ1) is 10.1. The largest absolute Gasteiger partial charge is 0.465 e. The number of benzene rings is 1. The van der Waals surface area contributed by atoms with Crippen LogP contribution in [0.15, 0.2) is 36.4 Å². The van der Waals surface area contributed by atoms with Crippen molar-refractivity contribution in [2.45, 2.75) is 6.92 Å². The number of pyridine rings is 1. The van der Waals surface area contributed by atoms with Gasteiger partial charge >= 0.3 is 5.97 Å². The van der Waals surface area contributed by atoms with E-state index in [1.807, 2.05) is 43.3 Å². The maximum Gasteiger partial charge on any atom is 0.350 e. The van der Waals surface area contributed by atoms with Crippen LogP contribution in [0.1, 0.15) is 15.2 Å². The standard InChI is InChI=1S/C16H14N2O2S/c1-9-8-11(10-6-4-3-5-7-10)18-15-12(9)13(17)14(21-15)16(19)20-2/h3-8H,17H2,1-2H3. The molecule has 5 heteroatoms. The molecule has 0 atom stereocenters. The molecular weight excluding hydrogens is 284 g/mol. The van der Waals surface area contributed by atoms with E-state index in [1.54, 1.807) is 0 Å². The van der Waals surface area contributed by atoms with Gasteiger partial charge in [-0.25, -0.2) is 9.78 Å². The Kier molecular flexibility index (Phi) is 3.35. The molecule has 2 heterocycles. The van der Waals surface area contributed by atoms with E-state index in [2.05, 4.69) is 4.98 Å². The monoisotopic (exact) mass is 298 g/mol. The first-order valence-corrected chi connectivity index (χ1v) is 7.27. The van der Waals surface area contributed by atoms with Crippen LogP contribution in [0.2, 0.25) is 0 Å². The second-order valence-corrected chi connectivity index (χ2v) is 5.71. The van der Waals surface area contributed by atoms with Crippen molar-refractivity contribution in [2.75, 3.05) is 12.8 Å². The van der Waals surface area contributed by atoms with E-state index in [4.69, 9.17) is 10.5 Å². The summed E-state index contributed by atoms with van der Waals surface area (Å²) in [6.45, 7) is 1.97. The van der Waals surface area contributed by atoms with Gasteiger partial charge in [-0.2, -0.15) is 0 Å². The molecule has 0 saturated carbocycles. The molecule has 2 N–H and O–H groups in total. The fraction of sp³-hybridized carbons (Fsp3) is 0.125. The third kappa shape index (κ3) is 2.25. The van der Waals surface area contributed by atoms with Crippen LogP contribution in [0.3, 0.4) is 0 Å². The molecule has 0 radical (unpaired) electrons. The number of fused-ring (bicyclic) bond motifs is 1. The third-order valence-corrected chi connectivity index (χ3v) is 4.42. The fourth-order valence-electron chi connectivity index (χ4n) is 2.31. The topological polar surface area (TPSA) is 65.2 Å². The van der Waals surface area contributed by atoms with Gasteiger partial charge in [0.1, 0.15) is 9.71 Å². The molecule has 0 aliphatic rings. The Labute approximate surface area is 126 Å². The van der Waals surface area contributed by atoms with E-state index in [1.165, 1.54) is 18.4 Å². The normalized spacial score (nSPS) is 10.8. The lowest BCUT2D eigenvalue weighted by atomic mass is 10.1. The summed E-state index contributed by atoms with van der Waals surface area (Å²) in [7, 11) is 1.35. The van der Waals surface area contributed by atoms with Gasteiger partial charge in [0.2, 0.25) is 0 Å². The number of nitrogens with two attached hydrogens (primary N) is 1. The van der Waals surface area contributed by atoms with Crippen LogP contribution in [-0.4, -0.2) is 18.1 Å². The summed E-state index contributed by atoms with van der Waals surface area (Å²) in [6, 6.07) is 11.9. The van der Waals surface area contributed by atoms with Crippen LogP contribution in [0.25, 0.3) is 21.5 Å². The molecule has 0 saturated heterocycles. The highest BCUT2D eigenvalue weighted by Gasteiger charge is 2.19. The second kappa shape index (κ2) is 5.18. The first kappa shape index (κ1) is 13.6. The number of carbonyl (C=O) groups excluding carboxylic acids is 1. The number of aromatic nitrogens is 1. The van der Waals surface area contributed by atoms with Crippen molar-refractivity contribution in [3.8, 4) is 11.3 Å². The number of thiophene rings is 1. The molecule has 106 valence electrons. The van der Waals surface area contributed by atoms with Crippen molar-refractivity contribution < 1.29 is 9.53 Å². The molecule has 4 nitrogen and oxygen atoms in total. The van der Waals surface area contributed by atoms with E-state index in [-0.39, 0.29) is 0 Å². The average Bonchev–Trinajstić information content (AvgIpc) is 2.85. The van der Waals surface area contributed by atoms with Crippen molar-refractivity contribution in [1.82, 2.24) is 4.98 Å². The number of methoxy groups -OCH3 is 1. The van der Waals surface area contributed by atoms with Crippen molar-refractivity contribution in [2.24, 2.45) is 0 Å². The van der Waals surface area contributed by atoms with Crippen molar-refractivity contribution in [1.29, 1.82) is 0 Å². The van der Waals surface area contributed by atoms with Gasteiger partial charge in [0.25, 0.3) is 0 Å². The Morgan fingerprint density at radius 1 is 1.29 bits per heavy atom. The summed E-state index contributed by atoms with van der Waals surface area (Å²) in [5.41, 5.74) is 9.44. The highest BCUT2D eigenvalue weighted by molar-refractivity contribution is 7.21. The third-order valence-electron chi connectivity index (χ3n) is 3.34. The molecule has 21 heavy (non-hydrogen) atoms. The van der Waals surface area contributed by atoms with E-state index < -0.39 is 5.97 Å². The van der Waals surface area contributed by atoms with Gasteiger partial charge in [-0.05, 0) is 18.6 Å². The average molecular weight is 298 g/mol. The molecule has 2 aromatic heterocycles. The van der Waals surface area contributed by atoms with Crippen molar-refractivity contribution in [3.05, 3.63) is 46.8 Å². The van der Waals surface area contributed by atoms with Crippen LogP contribution >= 0.6 is 11.3 Å². The Morgan fingerprint density at radius 2 is 2.00 bits per heavy atom.